The van der Waals surface area contributed by atoms with Gasteiger partial charge in [0.1, 0.15) is 5.92 Å². The van der Waals surface area contributed by atoms with Gasteiger partial charge in [-0.2, -0.15) is 0 Å². The minimum Gasteiger partial charge on any atom is -0.392 e. The van der Waals surface area contributed by atoms with E-state index in [2.05, 4.69) is 19.2 Å². The van der Waals surface area contributed by atoms with Gasteiger partial charge < -0.3 is 11.1 Å². The zero-order valence-electron chi connectivity index (χ0n) is 10.8. The Labute approximate surface area is 114 Å². The molecule has 1 aromatic carbocycles. The van der Waals surface area contributed by atoms with Gasteiger partial charge >= 0.3 is 0 Å². The first-order valence-electron chi connectivity index (χ1n) is 6.18. The van der Waals surface area contributed by atoms with Gasteiger partial charge in [0.05, 0.1) is 4.99 Å². The lowest BCUT2D eigenvalue weighted by Gasteiger charge is -2.17. The Morgan fingerprint density at radius 3 is 2.50 bits per heavy atom. The molecule has 0 aliphatic heterocycles. The molecule has 98 valence electrons. The molecule has 3 N–H and O–H groups in total. The number of carbonyl (C=O) groups is 1. The Bertz CT molecular complexity index is 406. The lowest BCUT2D eigenvalue weighted by Crippen LogP contribution is -2.38. The predicted octanol–water partition coefficient (Wildman–Crippen LogP) is 2.22. The minimum atomic E-state index is -0.537. The van der Waals surface area contributed by atoms with Crippen LogP contribution >= 0.6 is 12.2 Å². The van der Waals surface area contributed by atoms with Gasteiger partial charge in [0.25, 0.3) is 0 Å². The van der Waals surface area contributed by atoms with Crippen molar-refractivity contribution in [2.45, 2.75) is 26.2 Å². The van der Waals surface area contributed by atoms with Crippen molar-refractivity contribution in [2.24, 2.45) is 11.7 Å². The van der Waals surface area contributed by atoms with E-state index in [1.807, 2.05) is 30.3 Å². The molecule has 18 heavy (non-hydrogen) atoms. The molecule has 0 spiro atoms. The number of rotatable bonds is 6. The number of hydrogen-bond acceptors (Lipinski definition) is 2. The van der Waals surface area contributed by atoms with Gasteiger partial charge in [0.2, 0.25) is 5.91 Å². The molecule has 0 fully saturated rings. The summed E-state index contributed by atoms with van der Waals surface area (Å²) in [7, 11) is 0. The lowest BCUT2D eigenvalue weighted by atomic mass is 9.98. The van der Waals surface area contributed by atoms with E-state index < -0.39 is 5.92 Å². The normalized spacial score (nSPS) is 13.7. The van der Waals surface area contributed by atoms with Crippen LogP contribution in [-0.4, -0.2) is 17.4 Å². The largest absolute Gasteiger partial charge is 0.392 e. The molecule has 2 atom stereocenters. The SMILES string of the molecule is CCC(C)CNC(=O)C(C(N)=S)c1ccccc1. The van der Waals surface area contributed by atoms with E-state index in [-0.39, 0.29) is 10.9 Å². The molecule has 2 unspecified atom stereocenters. The van der Waals surface area contributed by atoms with E-state index >= 15 is 0 Å². The highest BCUT2D eigenvalue weighted by Crippen LogP contribution is 2.16. The zero-order chi connectivity index (χ0) is 13.5. The summed E-state index contributed by atoms with van der Waals surface area (Å²) in [5.41, 5.74) is 6.52. The van der Waals surface area contributed by atoms with Crippen LogP contribution < -0.4 is 11.1 Å². The van der Waals surface area contributed by atoms with E-state index in [1.165, 1.54) is 0 Å². The molecule has 0 aromatic heterocycles. The number of amides is 1. The van der Waals surface area contributed by atoms with Crippen LogP contribution in [0, 0.1) is 5.92 Å². The number of benzene rings is 1. The highest BCUT2D eigenvalue weighted by atomic mass is 32.1. The fourth-order valence-electron chi connectivity index (χ4n) is 1.61. The molecule has 0 saturated heterocycles. The second kappa shape index (κ2) is 7.11. The monoisotopic (exact) mass is 264 g/mol. The number of nitrogens with two attached hydrogens (primary N) is 1. The predicted molar refractivity (Wildman–Crippen MR) is 78.4 cm³/mol. The third-order valence-corrected chi connectivity index (χ3v) is 3.24. The molecular weight excluding hydrogens is 244 g/mol. The highest BCUT2D eigenvalue weighted by Gasteiger charge is 2.23. The van der Waals surface area contributed by atoms with Crippen molar-refractivity contribution >= 4 is 23.1 Å². The summed E-state index contributed by atoms with van der Waals surface area (Å²) in [4.78, 5) is 12.3. The molecule has 1 aromatic rings. The zero-order valence-corrected chi connectivity index (χ0v) is 11.7. The summed E-state index contributed by atoms with van der Waals surface area (Å²) in [6.45, 7) is 4.85. The number of hydrogen-bond donors (Lipinski definition) is 2. The van der Waals surface area contributed by atoms with Crippen LogP contribution in [0.5, 0.6) is 0 Å². The Kier molecular flexibility index (Phi) is 5.78. The van der Waals surface area contributed by atoms with Gasteiger partial charge in [-0.1, -0.05) is 62.8 Å². The summed E-state index contributed by atoms with van der Waals surface area (Å²) in [5.74, 6) is -0.198. The van der Waals surface area contributed by atoms with E-state index in [9.17, 15) is 4.79 Å². The maximum Gasteiger partial charge on any atom is 0.234 e. The average molecular weight is 264 g/mol. The molecule has 0 aliphatic carbocycles. The van der Waals surface area contributed by atoms with E-state index in [0.29, 0.717) is 12.5 Å². The van der Waals surface area contributed by atoms with Crippen LogP contribution in [-0.2, 0) is 4.79 Å². The molecule has 0 heterocycles. The van der Waals surface area contributed by atoms with Crippen molar-refractivity contribution in [2.75, 3.05) is 6.54 Å². The molecule has 3 nitrogen and oxygen atoms in total. The van der Waals surface area contributed by atoms with Gasteiger partial charge in [-0.15, -0.1) is 0 Å². The molecule has 0 saturated carbocycles. The maximum absolute atomic E-state index is 12.1. The molecule has 0 radical (unpaired) electrons. The Morgan fingerprint density at radius 2 is 2.00 bits per heavy atom. The number of thiocarbonyl (C=S) groups is 1. The molecule has 4 heteroatoms. The van der Waals surface area contributed by atoms with Crippen molar-refractivity contribution in [3.8, 4) is 0 Å². The fourth-order valence-corrected chi connectivity index (χ4v) is 1.85. The van der Waals surface area contributed by atoms with Crippen molar-refractivity contribution in [3.63, 3.8) is 0 Å². The van der Waals surface area contributed by atoms with Gasteiger partial charge in [0, 0.05) is 6.54 Å². The van der Waals surface area contributed by atoms with Crippen LogP contribution in [0.15, 0.2) is 30.3 Å². The van der Waals surface area contributed by atoms with Crippen LogP contribution in [0.1, 0.15) is 31.7 Å². The van der Waals surface area contributed by atoms with Gasteiger partial charge in [0.15, 0.2) is 0 Å². The highest BCUT2D eigenvalue weighted by molar-refractivity contribution is 7.80. The van der Waals surface area contributed by atoms with Gasteiger partial charge in [-0.3, -0.25) is 4.79 Å². The van der Waals surface area contributed by atoms with Gasteiger partial charge in [-0.05, 0) is 11.5 Å². The third-order valence-electron chi connectivity index (χ3n) is 3.00. The standard InChI is InChI=1S/C14H20N2OS/c1-3-10(2)9-16-14(17)12(13(15)18)11-7-5-4-6-8-11/h4-8,10,12H,3,9H2,1-2H3,(H2,15,18)(H,16,17). The van der Waals surface area contributed by atoms with E-state index in [4.69, 9.17) is 18.0 Å². The Hall–Kier alpha value is -1.42. The molecule has 1 rings (SSSR count). The topological polar surface area (TPSA) is 55.1 Å². The van der Waals surface area contributed by atoms with Crippen molar-refractivity contribution in [1.82, 2.24) is 5.32 Å². The minimum absolute atomic E-state index is 0.117. The Balaban J connectivity index is 2.74. The lowest BCUT2D eigenvalue weighted by molar-refractivity contribution is -0.121. The van der Waals surface area contributed by atoms with Crippen molar-refractivity contribution < 1.29 is 4.79 Å². The Morgan fingerprint density at radius 1 is 1.39 bits per heavy atom. The first-order chi connectivity index (χ1) is 8.56. The van der Waals surface area contributed by atoms with Crippen LogP contribution in [0.25, 0.3) is 0 Å². The summed E-state index contributed by atoms with van der Waals surface area (Å²) < 4.78 is 0. The van der Waals surface area contributed by atoms with E-state index in [1.54, 1.807) is 0 Å². The van der Waals surface area contributed by atoms with Gasteiger partial charge in [-0.25, -0.2) is 0 Å². The summed E-state index contributed by atoms with van der Waals surface area (Å²) in [6, 6.07) is 9.39. The van der Waals surface area contributed by atoms with Crippen LogP contribution in [0.3, 0.4) is 0 Å². The van der Waals surface area contributed by atoms with Crippen molar-refractivity contribution in [3.05, 3.63) is 35.9 Å². The van der Waals surface area contributed by atoms with E-state index in [0.717, 1.165) is 12.0 Å². The summed E-state index contributed by atoms with van der Waals surface area (Å²) >= 11 is 5.00. The fraction of sp³-hybridized carbons (Fsp3) is 0.429. The van der Waals surface area contributed by atoms with Crippen LogP contribution in [0.2, 0.25) is 0 Å². The summed E-state index contributed by atoms with van der Waals surface area (Å²) in [5, 5.41) is 2.91. The van der Waals surface area contributed by atoms with Crippen LogP contribution in [0.4, 0.5) is 0 Å². The van der Waals surface area contributed by atoms with Crippen molar-refractivity contribution in [1.29, 1.82) is 0 Å². The molecule has 0 bridgehead atoms. The number of nitrogens with one attached hydrogen (secondary N) is 1. The quantitative estimate of drug-likeness (QED) is 0.775. The summed E-state index contributed by atoms with van der Waals surface area (Å²) in [6.07, 6.45) is 1.03. The maximum atomic E-state index is 12.1. The smallest absolute Gasteiger partial charge is 0.234 e. The molecule has 0 aliphatic rings. The molecule has 1 amide bonds. The first kappa shape index (κ1) is 14.6. The second-order valence-corrected chi connectivity index (χ2v) is 4.98. The second-order valence-electron chi connectivity index (χ2n) is 4.50. The first-order valence-corrected chi connectivity index (χ1v) is 6.59. The third kappa shape index (κ3) is 4.11. The molecular formula is C14H20N2OS. The average Bonchev–Trinajstić information content (AvgIpc) is 2.37. The number of carbonyl (C=O) groups excluding carboxylic acids is 1.